The Kier molecular flexibility index (Phi) is 5.84. The van der Waals surface area contributed by atoms with Gasteiger partial charge < -0.3 is 14.8 Å². The summed E-state index contributed by atoms with van der Waals surface area (Å²) in [5.41, 5.74) is 2.44. The van der Waals surface area contributed by atoms with Crippen molar-refractivity contribution in [1.82, 2.24) is 9.21 Å². The number of piperazine rings is 1. The minimum Gasteiger partial charge on any atom is -0.550 e. The monoisotopic (exact) mass is 367 g/mol. The summed E-state index contributed by atoms with van der Waals surface area (Å²) in [6, 6.07) is 3.69. The van der Waals surface area contributed by atoms with Gasteiger partial charge in [-0.15, -0.1) is 0 Å². The van der Waals surface area contributed by atoms with E-state index in [0.717, 1.165) is 5.56 Å². The van der Waals surface area contributed by atoms with Crippen LogP contribution in [0.4, 0.5) is 0 Å². The van der Waals surface area contributed by atoms with Crippen molar-refractivity contribution < 1.29 is 23.1 Å². The molecule has 0 bridgehead atoms. The van der Waals surface area contributed by atoms with E-state index in [0.29, 0.717) is 16.0 Å². The van der Waals surface area contributed by atoms with Crippen LogP contribution < -0.4 is 5.11 Å². The van der Waals surface area contributed by atoms with E-state index in [-0.39, 0.29) is 44.9 Å². The van der Waals surface area contributed by atoms with Gasteiger partial charge in [0.15, 0.2) is 0 Å². The number of hydrogen-bond acceptors (Lipinski definition) is 5. The van der Waals surface area contributed by atoms with Crippen LogP contribution in [-0.4, -0.2) is 55.7 Å². The Morgan fingerprint density at radius 2 is 1.52 bits per heavy atom. The Morgan fingerprint density at radius 3 is 2.00 bits per heavy atom. The summed E-state index contributed by atoms with van der Waals surface area (Å²) < 4.78 is 27.3. The largest absolute Gasteiger partial charge is 0.550 e. The molecule has 0 unspecified atom stereocenters. The van der Waals surface area contributed by atoms with E-state index in [9.17, 15) is 23.1 Å². The summed E-state index contributed by atoms with van der Waals surface area (Å²) in [7, 11) is -3.62. The van der Waals surface area contributed by atoms with Gasteiger partial charge in [-0.2, -0.15) is 4.31 Å². The van der Waals surface area contributed by atoms with E-state index < -0.39 is 16.0 Å². The lowest BCUT2D eigenvalue weighted by Gasteiger charge is -2.34. The average Bonchev–Trinajstić information content (AvgIpc) is 2.51. The van der Waals surface area contributed by atoms with Gasteiger partial charge in [-0.1, -0.05) is 17.7 Å². The molecule has 1 aromatic rings. The number of benzene rings is 1. The van der Waals surface area contributed by atoms with Crippen molar-refractivity contribution in [3.8, 4) is 0 Å². The van der Waals surface area contributed by atoms with Crippen LogP contribution in [0.15, 0.2) is 17.0 Å². The van der Waals surface area contributed by atoms with E-state index >= 15 is 0 Å². The summed E-state index contributed by atoms with van der Waals surface area (Å²) in [6.45, 7) is 6.41. The molecule has 1 heterocycles. The number of carboxylic acid groups (broad SMARTS) is 1. The molecule has 25 heavy (non-hydrogen) atoms. The number of carboxylic acids is 1. The maximum atomic E-state index is 13.0. The van der Waals surface area contributed by atoms with Gasteiger partial charge in [0.25, 0.3) is 0 Å². The van der Waals surface area contributed by atoms with Crippen molar-refractivity contribution in [3.05, 3.63) is 28.8 Å². The Labute approximate surface area is 148 Å². The number of aryl methyl sites for hydroxylation is 3. The van der Waals surface area contributed by atoms with E-state index in [1.165, 1.54) is 9.21 Å². The molecule has 1 fully saturated rings. The van der Waals surface area contributed by atoms with E-state index in [4.69, 9.17) is 0 Å². The van der Waals surface area contributed by atoms with Gasteiger partial charge in [-0.3, -0.25) is 4.79 Å². The van der Waals surface area contributed by atoms with Crippen molar-refractivity contribution >= 4 is 21.9 Å². The number of carbonyl (C=O) groups is 2. The number of sulfonamides is 1. The van der Waals surface area contributed by atoms with Crippen LogP contribution in [-0.2, 0) is 19.6 Å². The summed E-state index contributed by atoms with van der Waals surface area (Å²) in [6.07, 6.45) is -0.440. The Bertz CT molecular complexity index is 757. The SMILES string of the molecule is Cc1cc(C)c(S(=O)(=O)N2CCN(C(=O)CCC(=O)[O-])CC2)c(C)c1. The van der Waals surface area contributed by atoms with E-state index in [1.807, 2.05) is 19.1 Å². The highest BCUT2D eigenvalue weighted by molar-refractivity contribution is 7.89. The molecule has 1 aliphatic heterocycles. The minimum absolute atomic E-state index is 0.120. The smallest absolute Gasteiger partial charge is 0.243 e. The lowest BCUT2D eigenvalue weighted by molar-refractivity contribution is -0.305. The molecule has 7 nitrogen and oxygen atoms in total. The first kappa shape index (κ1) is 19.4. The van der Waals surface area contributed by atoms with Crippen LogP contribution in [0.1, 0.15) is 29.5 Å². The van der Waals surface area contributed by atoms with Gasteiger partial charge in [0.05, 0.1) is 4.90 Å². The lowest BCUT2D eigenvalue weighted by atomic mass is 10.1. The molecule has 2 rings (SSSR count). The minimum atomic E-state index is -3.62. The second-order valence-electron chi connectivity index (χ2n) is 6.38. The molecular formula is C17H23N2O5S-. The third-order valence-electron chi connectivity index (χ3n) is 4.34. The number of aliphatic carboxylic acids is 1. The maximum absolute atomic E-state index is 13.0. The average molecular weight is 367 g/mol. The topological polar surface area (TPSA) is 97.8 Å². The van der Waals surface area contributed by atoms with Gasteiger partial charge in [0, 0.05) is 38.6 Å². The molecule has 0 aliphatic carbocycles. The van der Waals surface area contributed by atoms with E-state index in [2.05, 4.69) is 0 Å². The fourth-order valence-corrected chi connectivity index (χ4v) is 5.08. The molecule has 1 aliphatic rings. The zero-order chi connectivity index (χ0) is 18.8. The van der Waals surface area contributed by atoms with Crippen molar-refractivity contribution in [2.75, 3.05) is 26.2 Å². The first-order chi connectivity index (χ1) is 11.6. The van der Waals surface area contributed by atoms with Crippen LogP contribution in [0, 0.1) is 20.8 Å². The molecule has 8 heteroatoms. The Morgan fingerprint density at radius 1 is 1.00 bits per heavy atom. The molecule has 1 aromatic carbocycles. The lowest BCUT2D eigenvalue weighted by Crippen LogP contribution is -2.50. The first-order valence-electron chi connectivity index (χ1n) is 8.18. The van der Waals surface area contributed by atoms with Crippen molar-refractivity contribution in [2.45, 2.75) is 38.5 Å². The van der Waals surface area contributed by atoms with Crippen LogP contribution in [0.25, 0.3) is 0 Å². The maximum Gasteiger partial charge on any atom is 0.243 e. The molecule has 0 saturated carbocycles. The van der Waals surface area contributed by atoms with Crippen LogP contribution in [0.2, 0.25) is 0 Å². The summed E-state index contributed by atoms with van der Waals surface area (Å²) in [5, 5.41) is 10.4. The molecule has 0 aromatic heterocycles. The standard InChI is InChI=1S/C17H24N2O5S/c1-12-10-13(2)17(14(3)11-12)25(23,24)19-8-6-18(7-9-19)15(20)4-5-16(21)22/h10-11H,4-9H2,1-3H3,(H,21,22)/p-1. The Balaban J connectivity index is 2.10. The molecule has 0 radical (unpaired) electrons. The van der Waals surface area contributed by atoms with Crippen molar-refractivity contribution in [2.24, 2.45) is 0 Å². The Hall–Kier alpha value is -1.93. The second-order valence-corrected chi connectivity index (χ2v) is 8.26. The number of hydrogen-bond donors (Lipinski definition) is 0. The van der Waals surface area contributed by atoms with Crippen molar-refractivity contribution in [1.29, 1.82) is 0 Å². The zero-order valence-electron chi connectivity index (χ0n) is 14.7. The third kappa shape index (κ3) is 4.38. The fourth-order valence-electron chi connectivity index (χ4n) is 3.25. The third-order valence-corrected chi connectivity index (χ3v) is 6.54. The van der Waals surface area contributed by atoms with E-state index in [1.54, 1.807) is 13.8 Å². The van der Waals surface area contributed by atoms with Gasteiger partial charge in [0.1, 0.15) is 0 Å². The predicted octanol–water partition coefficient (Wildman–Crippen LogP) is -0.0251. The van der Waals surface area contributed by atoms with Crippen LogP contribution in [0.3, 0.4) is 0 Å². The molecular weight excluding hydrogens is 344 g/mol. The fraction of sp³-hybridized carbons (Fsp3) is 0.529. The number of amides is 1. The number of rotatable bonds is 5. The zero-order valence-corrected chi connectivity index (χ0v) is 15.6. The highest BCUT2D eigenvalue weighted by atomic mass is 32.2. The van der Waals surface area contributed by atoms with Crippen LogP contribution in [0.5, 0.6) is 0 Å². The highest BCUT2D eigenvalue weighted by Gasteiger charge is 2.31. The van der Waals surface area contributed by atoms with Gasteiger partial charge in [-0.05, 0) is 38.3 Å². The normalized spacial score (nSPS) is 16.0. The quantitative estimate of drug-likeness (QED) is 0.728. The molecule has 1 amide bonds. The number of nitrogens with zero attached hydrogens (tertiary/aromatic N) is 2. The summed E-state index contributed by atoms with van der Waals surface area (Å²) in [5.74, 6) is -1.55. The molecule has 138 valence electrons. The highest BCUT2D eigenvalue weighted by Crippen LogP contribution is 2.26. The van der Waals surface area contributed by atoms with Gasteiger partial charge in [-0.25, -0.2) is 8.42 Å². The summed E-state index contributed by atoms with van der Waals surface area (Å²) >= 11 is 0. The van der Waals surface area contributed by atoms with Crippen LogP contribution >= 0.6 is 0 Å². The molecule has 0 spiro atoms. The molecule has 1 saturated heterocycles. The number of carbonyl (C=O) groups excluding carboxylic acids is 2. The molecule has 0 N–H and O–H groups in total. The summed E-state index contributed by atoms with van der Waals surface area (Å²) in [4.78, 5) is 24.2. The van der Waals surface area contributed by atoms with Gasteiger partial charge in [0.2, 0.25) is 15.9 Å². The first-order valence-corrected chi connectivity index (χ1v) is 9.62. The van der Waals surface area contributed by atoms with Gasteiger partial charge >= 0.3 is 0 Å². The van der Waals surface area contributed by atoms with Crippen molar-refractivity contribution in [3.63, 3.8) is 0 Å². The predicted molar refractivity (Wildman–Crippen MR) is 90.2 cm³/mol. The second kappa shape index (κ2) is 7.53. The molecule has 0 atom stereocenters.